The Hall–Kier alpha value is -2.14. The number of carboxylic acid groups (broad SMARTS) is 1. The average Bonchev–Trinajstić information content (AvgIpc) is 2.90. The molecule has 0 aromatic carbocycles. The van der Waals surface area contributed by atoms with Crippen molar-refractivity contribution < 1.29 is 23.1 Å². The number of carbonyl (C=O) groups excluding carboxylic acids is 1. The Kier molecular flexibility index (Phi) is 6.11. The minimum atomic E-state index is -3.42. The van der Waals surface area contributed by atoms with Crippen LogP contribution in [0.2, 0.25) is 0 Å². The van der Waals surface area contributed by atoms with Gasteiger partial charge in [0.25, 0.3) is 0 Å². The molecule has 1 aromatic rings. The number of hydrogen-bond donors (Lipinski definition) is 5. The summed E-state index contributed by atoms with van der Waals surface area (Å²) in [5.74, 6) is -1.50. The number of H-pyrrole nitrogens is 1. The Bertz CT molecular complexity index is 571. The lowest BCUT2D eigenvalue weighted by atomic mass is 10.2. The first kappa shape index (κ1) is 16.9. The lowest BCUT2D eigenvalue weighted by Crippen LogP contribution is -2.48. The van der Waals surface area contributed by atoms with Gasteiger partial charge in [0.15, 0.2) is 0 Å². The molecule has 0 aliphatic rings. The van der Waals surface area contributed by atoms with E-state index in [2.05, 4.69) is 25.3 Å². The Labute approximate surface area is 121 Å². The number of carbonyl (C=O) groups is 2. The number of rotatable bonds is 8. The molecule has 21 heavy (non-hydrogen) atoms. The fourth-order valence-corrected chi connectivity index (χ4v) is 2.00. The van der Waals surface area contributed by atoms with E-state index < -0.39 is 28.1 Å². The summed E-state index contributed by atoms with van der Waals surface area (Å²) in [5.41, 5.74) is 0.556. The van der Waals surface area contributed by atoms with E-state index in [1.165, 1.54) is 19.6 Å². The SMILES string of the molecule is CNS(=O)(=O)CCNC(=O)NC(Cc1cnc[nH]1)C(=O)O. The van der Waals surface area contributed by atoms with Crippen LogP contribution < -0.4 is 15.4 Å². The van der Waals surface area contributed by atoms with Gasteiger partial charge in [-0.1, -0.05) is 0 Å². The number of aromatic nitrogens is 2. The minimum Gasteiger partial charge on any atom is -0.480 e. The smallest absolute Gasteiger partial charge is 0.326 e. The van der Waals surface area contributed by atoms with Gasteiger partial charge in [0.2, 0.25) is 10.0 Å². The number of aliphatic carboxylic acids is 1. The van der Waals surface area contributed by atoms with Gasteiger partial charge in [-0.3, -0.25) is 0 Å². The number of sulfonamides is 1. The topological polar surface area (TPSA) is 153 Å². The highest BCUT2D eigenvalue weighted by molar-refractivity contribution is 7.89. The van der Waals surface area contributed by atoms with Crippen LogP contribution in [-0.4, -0.2) is 60.9 Å². The van der Waals surface area contributed by atoms with Crippen LogP contribution >= 0.6 is 0 Å². The van der Waals surface area contributed by atoms with Crippen molar-refractivity contribution in [3.05, 3.63) is 18.2 Å². The molecule has 0 saturated heterocycles. The van der Waals surface area contributed by atoms with E-state index in [1.807, 2.05) is 0 Å². The zero-order valence-electron chi connectivity index (χ0n) is 11.3. The molecule has 1 aromatic heterocycles. The molecule has 1 atom stereocenters. The highest BCUT2D eigenvalue weighted by Crippen LogP contribution is 1.98. The summed E-state index contributed by atoms with van der Waals surface area (Å²) in [6, 6.07) is -1.90. The number of hydrogen-bond acceptors (Lipinski definition) is 5. The van der Waals surface area contributed by atoms with Crippen molar-refractivity contribution in [3.63, 3.8) is 0 Å². The first-order valence-corrected chi connectivity index (χ1v) is 7.65. The van der Waals surface area contributed by atoms with Crippen molar-refractivity contribution in [2.45, 2.75) is 12.5 Å². The maximum absolute atomic E-state index is 11.5. The monoisotopic (exact) mass is 319 g/mol. The number of nitrogens with zero attached hydrogens (tertiary/aromatic N) is 1. The Morgan fingerprint density at radius 2 is 2.19 bits per heavy atom. The Balaban J connectivity index is 2.44. The molecule has 0 radical (unpaired) electrons. The molecule has 0 saturated carbocycles. The highest BCUT2D eigenvalue weighted by Gasteiger charge is 2.21. The summed E-state index contributed by atoms with van der Waals surface area (Å²) in [7, 11) is -2.16. The van der Waals surface area contributed by atoms with Crippen LogP contribution in [0.3, 0.4) is 0 Å². The molecule has 1 unspecified atom stereocenters. The molecule has 2 amide bonds. The fourth-order valence-electron chi connectivity index (χ4n) is 1.43. The molecular weight excluding hydrogens is 302 g/mol. The predicted molar refractivity (Wildman–Crippen MR) is 73.1 cm³/mol. The second-order valence-corrected chi connectivity index (χ2v) is 6.14. The second kappa shape index (κ2) is 7.59. The van der Waals surface area contributed by atoms with Crippen LogP contribution in [-0.2, 0) is 21.2 Å². The zero-order chi connectivity index (χ0) is 15.9. The number of amides is 2. The van der Waals surface area contributed by atoms with Crippen LogP contribution in [0, 0.1) is 0 Å². The molecule has 1 rings (SSSR count). The van der Waals surface area contributed by atoms with E-state index in [1.54, 1.807) is 0 Å². The summed E-state index contributed by atoms with van der Waals surface area (Å²) in [5, 5.41) is 13.6. The van der Waals surface area contributed by atoms with Crippen molar-refractivity contribution in [2.24, 2.45) is 0 Å². The normalized spacial score (nSPS) is 12.6. The first-order valence-electron chi connectivity index (χ1n) is 5.99. The summed E-state index contributed by atoms with van der Waals surface area (Å²) >= 11 is 0. The lowest BCUT2D eigenvalue weighted by Gasteiger charge is -2.14. The third-order valence-corrected chi connectivity index (χ3v) is 3.91. The number of imidazole rings is 1. The van der Waals surface area contributed by atoms with E-state index in [-0.39, 0.29) is 18.7 Å². The molecule has 1 heterocycles. The van der Waals surface area contributed by atoms with Gasteiger partial charge in [-0.2, -0.15) is 0 Å². The minimum absolute atomic E-state index is 0.0393. The summed E-state index contributed by atoms with van der Waals surface area (Å²) in [4.78, 5) is 29.1. The summed E-state index contributed by atoms with van der Waals surface area (Å²) < 4.78 is 24.4. The van der Waals surface area contributed by atoms with E-state index in [0.29, 0.717) is 5.69 Å². The molecule has 0 fully saturated rings. The van der Waals surface area contributed by atoms with Gasteiger partial charge in [0.1, 0.15) is 6.04 Å². The lowest BCUT2D eigenvalue weighted by molar-refractivity contribution is -0.139. The van der Waals surface area contributed by atoms with Gasteiger partial charge >= 0.3 is 12.0 Å². The molecule has 0 spiro atoms. The van der Waals surface area contributed by atoms with Gasteiger partial charge in [-0.25, -0.2) is 27.7 Å². The largest absolute Gasteiger partial charge is 0.480 e. The number of nitrogens with one attached hydrogen (secondary N) is 4. The predicted octanol–water partition coefficient (Wildman–Crippen LogP) is -1.75. The number of carboxylic acids is 1. The van der Waals surface area contributed by atoms with Gasteiger partial charge in [-0.05, 0) is 7.05 Å². The Morgan fingerprint density at radius 3 is 2.71 bits per heavy atom. The molecule has 118 valence electrons. The van der Waals surface area contributed by atoms with Crippen LogP contribution in [0.1, 0.15) is 5.69 Å². The second-order valence-electron chi connectivity index (χ2n) is 4.10. The van der Waals surface area contributed by atoms with Gasteiger partial charge in [0.05, 0.1) is 12.1 Å². The van der Waals surface area contributed by atoms with Crippen LogP contribution in [0.15, 0.2) is 12.5 Å². The summed E-state index contributed by atoms with van der Waals surface area (Å²) in [6.45, 7) is -0.134. The van der Waals surface area contributed by atoms with Crippen LogP contribution in [0.25, 0.3) is 0 Å². The van der Waals surface area contributed by atoms with E-state index in [4.69, 9.17) is 5.11 Å². The van der Waals surface area contributed by atoms with Gasteiger partial charge in [0, 0.05) is 24.9 Å². The number of urea groups is 1. The fraction of sp³-hybridized carbons (Fsp3) is 0.500. The van der Waals surface area contributed by atoms with Crippen molar-refractivity contribution in [1.82, 2.24) is 25.3 Å². The molecule has 5 N–H and O–H groups in total. The van der Waals surface area contributed by atoms with Crippen molar-refractivity contribution in [2.75, 3.05) is 19.3 Å². The molecule has 0 aliphatic heterocycles. The van der Waals surface area contributed by atoms with Crippen molar-refractivity contribution >= 4 is 22.0 Å². The van der Waals surface area contributed by atoms with Crippen molar-refractivity contribution in [3.8, 4) is 0 Å². The maximum Gasteiger partial charge on any atom is 0.326 e. The van der Waals surface area contributed by atoms with E-state index in [9.17, 15) is 18.0 Å². The average molecular weight is 319 g/mol. The molecule has 11 heteroatoms. The zero-order valence-corrected chi connectivity index (χ0v) is 12.1. The maximum atomic E-state index is 11.5. The van der Waals surface area contributed by atoms with E-state index in [0.717, 1.165) is 0 Å². The van der Waals surface area contributed by atoms with Gasteiger partial charge in [-0.15, -0.1) is 0 Å². The molecule has 0 bridgehead atoms. The molecular formula is C10H17N5O5S. The van der Waals surface area contributed by atoms with E-state index >= 15 is 0 Å². The molecule has 10 nitrogen and oxygen atoms in total. The van der Waals surface area contributed by atoms with Crippen LogP contribution in [0.5, 0.6) is 0 Å². The molecule has 0 aliphatic carbocycles. The quantitative estimate of drug-likeness (QED) is 0.383. The highest BCUT2D eigenvalue weighted by atomic mass is 32.2. The standard InChI is InChI=1S/C10H17N5O5S/c1-11-21(19,20)3-2-13-10(18)15-8(9(16)17)4-7-5-12-6-14-7/h5-6,8,11H,2-4H2,1H3,(H,12,14)(H,16,17)(H2,13,15,18). The third kappa shape index (κ3) is 6.23. The van der Waals surface area contributed by atoms with Crippen LogP contribution in [0.4, 0.5) is 4.79 Å². The van der Waals surface area contributed by atoms with Crippen molar-refractivity contribution in [1.29, 1.82) is 0 Å². The number of aromatic amines is 1. The third-order valence-electron chi connectivity index (χ3n) is 2.55. The first-order chi connectivity index (χ1) is 9.84. The van der Waals surface area contributed by atoms with Gasteiger partial charge < -0.3 is 20.7 Å². The Morgan fingerprint density at radius 1 is 1.48 bits per heavy atom. The summed E-state index contributed by atoms with van der Waals surface area (Å²) in [6.07, 6.45) is 2.89.